The number of nitrogens with zero attached hydrogens (tertiary/aromatic N) is 3. The molecule has 0 fully saturated rings. The summed E-state index contributed by atoms with van der Waals surface area (Å²) in [5.41, 5.74) is -2.34. The lowest BCUT2D eigenvalue weighted by Gasteiger charge is -2.39. The molecule has 0 aliphatic carbocycles. The summed E-state index contributed by atoms with van der Waals surface area (Å²) in [7, 11) is -3.31. The average Bonchev–Trinajstić information content (AvgIpc) is 2.65. The lowest BCUT2D eigenvalue weighted by molar-refractivity contribution is 0.292. The molecule has 0 saturated carbocycles. The van der Waals surface area contributed by atoms with Gasteiger partial charge in [0.05, 0.1) is 21.6 Å². The smallest absolute Gasteiger partial charge is 0.149 e. The van der Waals surface area contributed by atoms with Gasteiger partial charge < -0.3 is 4.55 Å². The van der Waals surface area contributed by atoms with Crippen molar-refractivity contribution in [2.75, 3.05) is 19.0 Å². The number of halogens is 3. The normalized spacial score (nSPS) is 28.1. The van der Waals surface area contributed by atoms with Crippen molar-refractivity contribution in [2.45, 2.75) is 55.6 Å². The molecule has 162 valence electrons. The van der Waals surface area contributed by atoms with Crippen LogP contribution >= 0.6 is 15.9 Å². The van der Waals surface area contributed by atoms with Gasteiger partial charge in [0, 0.05) is 17.9 Å². The summed E-state index contributed by atoms with van der Waals surface area (Å²) < 4.78 is 61.1. The lowest BCUT2D eigenvalue weighted by atomic mass is 9.99. The van der Waals surface area contributed by atoms with Gasteiger partial charge >= 0.3 is 0 Å². The number of nitriles is 1. The number of nitrogens with one attached hydrogen (secondary N) is 1. The molecular weight excluding hydrogens is 486 g/mol. The van der Waals surface area contributed by atoms with Crippen LogP contribution in [-0.4, -0.2) is 42.2 Å². The van der Waals surface area contributed by atoms with E-state index in [-0.39, 0.29) is 16.8 Å². The minimum atomic E-state index is -3.31. The molecule has 1 aliphatic heterocycles. The molecule has 0 saturated heterocycles. The van der Waals surface area contributed by atoms with Crippen LogP contribution in [0, 0.1) is 17.1 Å². The fourth-order valence-corrected chi connectivity index (χ4v) is 6.92. The Labute approximate surface area is 182 Å². The Balaban J connectivity index is 2.70. The minimum absolute atomic E-state index is 0.244. The number of alkyl halides is 1. The highest BCUT2D eigenvalue weighted by atomic mass is 79.9. The fourth-order valence-electron chi connectivity index (χ4n) is 2.96. The lowest BCUT2D eigenvalue weighted by Crippen LogP contribution is -2.58. The van der Waals surface area contributed by atoms with Crippen molar-refractivity contribution in [3.05, 3.63) is 28.2 Å². The molecule has 1 unspecified atom stereocenters. The molecule has 6 nitrogen and oxygen atoms in total. The van der Waals surface area contributed by atoms with Crippen LogP contribution in [-0.2, 0) is 26.6 Å². The molecule has 0 spiro atoms. The van der Waals surface area contributed by atoms with E-state index in [9.17, 15) is 22.8 Å². The summed E-state index contributed by atoms with van der Waals surface area (Å²) in [5.74, 6) is -1.36. The second kappa shape index (κ2) is 8.75. The van der Waals surface area contributed by atoms with Gasteiger partial charge in [-0.25, -0.2) is 22.3 Å². The quantitative estimate of drug-likeness (QED) is 0.463. The van der Waals surface area contributed by atoms with Crippen molar-refractivity contribution < 1.29 is 17.5 Å². The van der Waals surface area contributed by atoms with Gasteiger partial charge in [-0.2, -0.15) is 5.26 Å². The Hall–Kier alpha value is -0.800. The van der Waals surface area contributed by atoms with Crippen molar-refractivity contribution in [1.82, 2.24) is 9.71 Å². The molecule has 11 heteroatoms. The first-order valence-corrected chi connectivity index (χ1v) is 12.6. The zero-order valence-electron chi connectivity index (χ0n) is 16.8. The van der Waals surface area contributed by atoms with Gasteiger partial charge in [0.1, 0.15) is 37.8 Å². The average molecular weight is 511 g/mol. The van der Waals surface area contributed by atoms with E-state index in [1.54, 1.807) is 20.8 Å². The van der Waals surface area contributed by atoms with E-state index < -0.39 is 54.4 Å². The molecule has 1 aliphatic rings. The third kappa shape index (κ3) is 4.93. The van der Waals surface area contributed by atoms with Crippen LogP contribution in [0.1, 0.15) is 46.2 Å². The summed E-state index contributed by atoms with van der Waals surface area (Å²) in [6.07, 6.45) is 0.902. The number of aromatic nitrogens is 1. The third-order valence-corrected chi connectivity index (χ3v) is 10.1. The molecule has 29 heavy (non-hydrogen) atoms. The molecule has 2 rings (SSSR count). The second-order valence-electron chi connectivity index (χ2n) is 8.25. The van der Waals surface area contributed by atoms with Gasteiger partial charge in [-0.1, -0.05) is 0 Å². The van der Waals surface area contributed by atoms with Gasteiger partial charge in [0.15, 0.2) is 0 Å². The molecule has 0 radical (unpaired) electrons. The highest BCUT2D eigenvalue weighted by molar-refractivity contribution is 9.10. The SMILES string of the molecule is CC(C)(C)[S+]([O-])N[C@@](CF)(C[S@]1(=O)=NCCC[C@@]1(C)C#N)c1nc(Br)ccc1F. The molecule has 0 bridgehead atoms. The van der Waals surface area contributed by atoms with Gasteiger partial charge in [0.2, 0.25) is 0 Å². The molecule has 0 aromatic carbocycles. The maximum Gasteiger partial charge on any atom is 0.149 e. The van der Waals surface area contributed by atoms with Crippen LogP contribution in [0.3, 0.4) is 0 Å². The van der Waals surface area contributed by atoms with Crippen LogP contribution in [0.15, 0.2) is 21.1 Å². The largest absolute Gasteiger partial charge is 0.598 e. The molecule has 2 heterocycles. The predicted molar refractivity (Wildman–Crippen MR) is 114 cm³/mol. The van der Waals surface area contributed by atoms with Crippen LogP contribution in [0.2, 0.25) is 0 Å². The van der Waals surface area contributed by atoms with Crippen LogP contribution in [0.4, 0.5) is 8.78 Å². The highest BCUT2D eigenvalue weighted by Gasteiger charge is 2.51. The molecule has 1 aromatic heterocycles. The number of hydrogen-bond acceptors (Lipinski definition) is 6. The maximum absolute atomic E-state index is 14.8. The zero-order valence-corrected chi connectivity index (χ0v) is 20.0. The first-order valence-electron chi connectivity index (χ1n) is 9.02. The molecule has 1 N–H and O–H groups in total. The summed E-state index contributed by atoms with van der Waals surface area (Å²) in [4.78, 5) is 4.08. The van der Waals surface area contributed by atoms with Gasteiger partial charge in [-0.05, 0) is 68.6 Å². The van der Waals surface area contributed by atoms with Crippen LogP contribution < -0.4 is 4.72 Å². The van der Waals surface area contributed by atoms with Crippen LogP contribution in [0.5, 0.6) is 0 Å². The van der Waals surface area contributed by atoms with Gasteiger partial charge in [-0.15, -0.1) is 4.72 Å². The summed E-state index contributed by atoms with van der Waals surface area (Å²) >= 11 is 1.31. The second-order valence-corrected chi connectivity index (χ2v) is 13.8. The van der Waals surface area contributed by atoms with E-state index in [2.05, 4.69) is 36.1 Å². The number of rotatable bonds is 6. The summed E-state index contributed by atoms with van der Waals surface area (Å²) in [6, 6.07) is 4.52. The van der Waals surface area contributed by atoms with Gasteiger partial charge in [0.25, 0.3) is 0 Å². The molecule has 4 atom stereocenters. The Morgan fingerprint density at radius 3 is 2.69 bits per heavy atom. The summed E-state index contributed by atoms with van der Waals surface area (Å²) in [6.45, 7) is 5.57. The van der Waals surface area contributed by atoms with Crippen molar-refractivity contribution in [3.8, 4) is 6.07 Å². The van der Waals surface area contributed by atoms with Crippen molar-refractivity contribution in [3.63, 3.8) is 0 Å². The van der Waals surface area contributed by atoms with Crippen LogP contribution in [0.25, 0.3) is 0 Å². The first kappa shape index (κ1) is 24.5. The Morgan fingerprint density at radius 1 is 1.48 bits per heavy atom. The Kier molecular flexibility index (Phi) is 7.38. The van der Waals surface area contributed by atoms with E-state index >= 15 is 0 Å². The molecule has 1 aromatic rings. The third-order valence-electron chi connectivity index (χ3n) is 4.83. The monoisotopic (exact) mass is 510 g/mol. The minimum Gasteiger partial charge on any atom is -0.598 e. The Morgan fingerprint density at radius 2 is 2.14 bits per heavy atom. The maximum atomic E-state index is 14.8. The van der Waals surface area contributed by atoms with E-state index in [0.29, 0.717) is 12.8 Å². The topological polar surface area (TPSA) is 101 Å². The van der Waals surface area contributed by atoms with E-state index in [1.807, 2.05) is 0 Å². The zero-order chi connectivity index (χ0) is 22.1. The van der Waals surface area contributed by atoms with Crippen molar-refractivity contribution in [1.29, 1.82) is 5.26 Å². The Bertz CT molecular complexity index is 927. The number of hydrogen-bond donors (Lipinski definition) is 1. The van der Waals surface area contributed by atoms with E-state index in [4.69, 9.17) is 0 Å². The highest BCUT2D eigenvalue weighted by Crippen LogP contribution is 2.37. The van der Waals surface area contributed by atoms with Crippen molar-refractivity contribution in [2.24, 2.45) is 4.36 Å². The van der Waals surface area contributed by atoms with Crippen molar-refractivity contribution >= 4 is 37.0 Å². The van der Waals surface area contributed by atoms with E-state index in [1.165, 1.54) is 13.0 Å². The van der Waals surface area contributed by atoms with Gasteiger partial charge in [-0.3, -0.25) is 0 Å². The predicted octanol–water partition coefficient (Wildman–Crippen LogP) is 3.74. The molecule has 0 amide bonds. The van der Waals surface area contributed by atoms with E-state index in [0.717, 1.165) is 6.07 Å². The summed E-state index contributed by atoms with van der Waals surface area (Å²) in [5, 5.41) is 9.68. The fraction of sp³-hybridized carbons (Fsp3) is 0.667. The molecular formula is C18H25BrF2N4O2S2. The number of pyridine rings is 1. The standard InChI is InChI=1S/C18H25BrF2N4O2S2/c1-16(2,3)28(26)25-18(10-20,15-13(21)6-7-14(19)24-15)12-29(27)17(4,11-22)8-5-9-23-29/h6-7,25H,5,8-10,12H2,1-4H3/t17-,18-,28?,29+/m0/s1. The first-order chi connectivity index (χ1) is 13.3.